The molecule has 1 unspecified atom stereocenters. The van der Waals surface area contributed by atoms with Gasteiger partial charge in [-0.2, -0.15) is 8.79 Å². The quantitative estimate of drug-likeness (QED) is 0.159. The number of aryl methyl sites for hydroxylation is 2. The highest BCUT2D eigenvalue weighted by Gasteiger charge is 2.44. The first-order valence-electron chi connectivity index (χ1n) is 14.8. The molecule has 0 bridgehead atoms. The Kier molecular flexibility index (Phi) is 7.20. The minimum atomic E-state index is -2.64. The van der Waals surface area contributed by atoms with Crippen LogP contribution in [-0.2, 0) is 0 Å². The van der Waals surface area contributed by atoms with Crippen LogP contribution in [-0.4, -0.2) is 24.0 Å². The Labute approximate surface area is 255 Å². The van der Waals surface area contributed by atoms with Gasteiger partial charge in [0.2, 0.25) is 6.71 Å². The molecule has 4 heteroatoms. The molecule has 1 heterocycles. The van der Waals surface area contributed by atoms with Gasteiger partial charge < -0.3 is 0 Å². The smallest absolute Gasteiger partial charge is 0.150 e. The van der Waals surface area contributed by atoms with E-state index in [0.29, 0.717) is 0 Å². The molecule has 1 atom stereocenters. The summed E-state index contributed by atoms with van der Waals surface area (Å²) < 4.78 is 0. The lowest BCUT2D eigenvalue weighted by Crippen LogP contribution is -2.75. The number of fused-ring (bicyclic) bond motifs is 3. The van der Waals surface area contributed by atoms with Crippen molar-refractivity contribution in [1.82, 2.24) is 0 Å². The summed E-state index contributed by atoms with van der Waals surface area (Å²) in [5.74, 6) is 0. The van der Waals surface area contributed by atoms with Crippen molar-refractivity contribution < 1.29 is 0 Å². The van der Waals surface area contributed by atoms with Crippen LogP contribution in [0.5, 0.6) is 0 Å². The molecular weight excluding hydrogens is 554 g/mol. The van der Waals surface area contributed by atoms with E-state index < -0.39 is 8.07 Å². The highest BCUT2D eigenvalue weighted by Crippen LogP contribution is 2.25. The minimum Gasteiger partial charge on any atom is -0.150 e. The summed E-state index contributed by atoms with van der Waals surface area (Å²) in [5, 5.41) is 7.29. The summed E-state index contributed by atoms with van der Waals surface area (Å²) in [5.41, 5.74) is 9.91. The minimum absolute atomic E-state index is 0.254. The Balaban J connectivity index is 1.59. The molecular formula is C38H34BPSi2. The van der Waals surface area contributed by atoms with Crippen LogP contribution >= 0.6 is 8.79 Å². The van der Waals surface area contributed by atoms with Gasteiger partial charge in [0.25, 0.3) is 0 Å². The van der Waals surface area contributed by atoms with Crippen molar-refractivity contribution in [2.75, 3.05) is 0 Å². The first kappa shape index (κ1) is 27.1. The van der Waals surface area contributed by atoms with Crippen LogP contribution in [0.15, 0.2) is 146 Å². The second kappa shape index (κ2) is 11.2. The molecule has 0 amide bonds. The van der Waals surface area contributed by atoms with E-state index in [1.54, 1.807) is 5.19 Å². The molecule has 0 aromatic heterocycles. The van der Waals surface area contributed by atoms with Crippen LogP contribution in [0.25, 0.3) is 11.1 Å². The fourth-order valence-corrected chi connectivity index (χ4v) is 14.4. The Morgan fingerprint density at radius 1 is 0.524 bits per heavy atom. The molecule has 6 aromatic carbocycles. The van der Waals surface area contributed by atoms with Crippen LogP contribution in [0.1, 0.15) is 11.1 Å². The summed E-state index contributed by atoms with van der Waals surface area (Å²) in [6.45, 7) is 4.90. The second-order valence-corrected chi connectivity index (χ2v) is 17.7. The normalized spacial score (nSPS) is 12.5. The van der Waals surface area contributed by atoms with Crippen LogP contribution in [0.2, 0.25) is 0 Å². The second-order valence-electron chi connectivity index (χ2n) is 11.5. The van der Waals surface area contributed by atoms with Crippen molar-refractivity contribution in [1.29, 1.82) is 0 Å². The fourth-order valence-electron chi connectivity index (χ4n) is 7.28. The molecule has 1 aliphatic rings. The lowest BCUT2D eigenvalue weighted by molar-refractivity contribution is 1.51. The summed E-state index contributed by atoms with van der Waals surface area (Å²) in [4.78, 5) is 0. The van der Waals surface area contributed by atoms with Crippen LogP contribution in [0.4, 0.5) is 0 Å². The highest BCUT2D eigenvalue weighted by atomic mass is 31.3. The monoisotopic (exact) mass is 588 g/mol. The largest absolute Gasteiger partial charge is 0.242 e. The van der Waals surface area contributed by atoms with Crippen molar-refractivity contribution in [2.24, 2.45) is 0 Å². The maximum Gasteiger partial charge on any atom is 0.242 e. The molecule has 0 saturated carbocycles. The van der Waals surface area contributed by atoms with Crippen molar-refractivity contribution in [3.63, 3.8) is 0 Å². The molecule has 0 nitrogen and oxygen atoms in total. The third-order valence-electron chi connectivity index (χ3n) is 9.19. The standard InChI is InChI=1S/C38H34BPSi2/c1-27-23-35-33(25-37(27)41-40)34-26-38(28(2)24-36(34)39(35)29-15-7-3-8-16-29)42(30-17-9-4-10-18-30,31-19-11-5-12-20-31)32-21-13-6-14-22-32/h3-26H,40-41H2,1-2H3. The van der Waals surface area contributed by atoms with Gasteiger partial charge in [-0.25, -0.2) is 0 Å². The molecule has 42 heavy (non-hydrogen) atoms. The Hall–Kier alpha value is -3.75. The third kappa shape index (κ3) is 4.31. The Morgan fingerprint density at radius 3 is 1.43 bits per heavy atom. The van der Waals surface area contributed by atoms with E-state index in [1.807, 2.05) is 0 Å². The number of benzene rings is 6. The van der Waals surface area contributed by atoms with E-state index >= 15 is 0 Å². The zero-order chi connectivity index (χ0) is 28.7. The van der Waals surface area contributed by atoms with Gasteiger partial charge in [-0.1, -0.05) is 178 Å². The van der Waals surface area contributed by atoms with Gasteiger partial charge in [0, 0.05) is 0 Å². The maximum absolute atomic E-state index is 3.08. The van der Waals surface area contributed by atoms with Gasteiger partial charge in [0.15, 0.2) is 8.07 Å². The highest BCUT2D eigenvalue weighted by molar-refractivity contribution is 7.58. The molecule has 0 saturated heterocycles. The van der Waals surface area contributed by atoms with Gasteiger partial charge in [-0.15, -0.1) is 0 Å². The summed E-state index contributed by atoms with van der Waals surface area (Å²) in [6.07, 6.45) is 0. The first-order chi connectivity index (χ1) is 20.6. The lowest BCUT2D eigenvalue weighted by atomic mass is 9.39. The third-order valence-corrected chi connectivity index (χ3v) is 16.7. The lowest BCUT2D eigenvalue weighted by Gasteiger charge is -2.36. The van der Waals surface area contributed by atoms with Gasteiger partial charge >= 0.3 is 0 Å². The zero-order valence-electron chi connectivity index (χ0n) is 24.2. The predicted octanol–water partition coefficient (Wildman–Crippen LogP) is 2.76. The van der Waals surface area contributed by atoms with E-state index in [4.69, 9.17) is 0 Å². The van der Waals surface area contributed by atoms with E-state index in [2.05, 4.69) is 168 Å². The average Bonchev–Trinajstić information content (AvgIpc) is 3.34. The van der Waals surface area contributed by atoms with Gasteiger partial charge in [0.05, 0.1) is 9.19 Å². The van der Waals surface area contributed by atoms with Crippen molar-refractivity contribution in [3.8, 4) is 11.1 Å². The van der Waals surface area contributed by atoms with Crippen molar-refractivity contribution in [2.45, 2.75) is 13.8 Å². The summed E-state index contributed by atoms with van der Waals surface area (Å²) in [7, 11) is 0.0607. The molecule has 7 rings (SSSR count). The van der Waals surface area contributed by atoms with Gasteiger partial charge in [-0.05, 0) is 45.7 Å². The number of rotatable bonds is 6. The van der Waals surface area contributed by atoms with Crippen molar-refractivity contribution in [3.05, 3.63) is 157 Å². The van der Waals surface area contributed by atoms with E-state index in [-0.39, 0.29) is 15.9 Å². The molecule has 0 aliphatic carbocycles. The SMILES string of the molecule is Cc1cc2c(cc1[SiH2]P)-c1cc([Si](c3ccccc3)(c3ccccc3)c3ccccc3)c(C)cc1B2c1ccccc1. The first-order valence-corrected chi connectivity index (χ1v) is 20.8. The van der Waals surface area contributed by atoms with E-state index in [0.717, 1.165) is 0 Å². The number of hydrogen-bond acceptors (Lipinski definition) is 0. The fraction of sp³-hybridized carbons (Fsp3) is 0.0526. The molecule has 202 valence electrons. The Bertz CT molecular complexity index is 1780. The predicted molar refractivity (Wildman–Crippen MR) is 194 cm³/mol. The van der Waals surface area contributed by atoms with Crippen LogP contribution in [0, 0.1) is 13.8 Å². The topological polar surface area (TPSA) is 0 Å². The van der Waals surface area contributed by atoms with E-state index in [9.17, 15) is 0 Å². The van der Waals surface area contributed by atoms with Crippen LogP contribution in [0.3, 0.4) is 0 Å². The van der Waals surface area contributed by atoms with Crippen LogP contribution < -0.4 is 42.3 Å². The molecule has 1 aliphatic heterocycles. The van der Waals surface area contributed by atoms with Gasteiger partial charge in [0.1, 0.15) is 0 Å². The summed E-state index contributed by atoms with van der Waals surface area (Å²) in [6, 6.07) is 55.1. The average molecular weight is 589 g/mol. The zero-order valence-corrected chi connectivity index (χ0v) is 27.8. The maximum atomic E-state index is 3.08. The molecule has 6 aromatic rings. The Morgan fingerprint density at radius 2 is 0.952 bits per heavy atom. The number of hydrogen-bond donors (Lipinski definition) is 0. The van der Waals surface area contributed by atoms with Gasteiger partial charge in [-0.3, -0.25) is 0 Å². The molecule has 0 N–H and O–H groups in total. The molecule has 0 fully saturated rings. The van der Waals surface area contributed by atoms with Crippen molar-refractivity contribution >= 4 is 75.1 Å². The molecule has 0 spiro atoms. The molecule has 0 radical (unpaired) electrons. The van der Waals surface area contributed by atoms with E-state index in [1.165, 1.54) is 59.4 Å². The summed E-state index contributed by atoms with van der Waals surface area (Å²) >= 11 is 0.